The van der Waals surface area contributed by atoms with Gasteiger partial charge in [-0.15, -0.1) is 5.10 Å². The molecule has 0 bridgehead atoms. The highest BCUT2D eigenvalue weighted by atomic mass is 79.9. The fourth-order valence-electron chi connectivity index (χ4n) is 2.06. The SMILES string of the molecule is CC(Nc1nc2c(Br)cccn2n1)c1ccc(Cl)cc1Cl. The molecule has 108 valence electrons. The highest BCUT2D eigenvalue weighted by Gasteiger charge is 2.13. The van der Waals surface area contributed by atoms with Crippen LogP contribution in [0.15, 0.2) is 41.0 Å². The van der Waals surface area contributed by atoms with Crippen LogP contribution in [0.2, 0.25) is 10.0 Å². The van der Waals surface area contributed by atoms with Gasteiger partial charge in [0.05, 0.1) is 10.5 Å². The quantitative estimate of drug-likeness (QED) is 0.691. The van der Waals surface area contributed by atoms with Crippen molar-refractivity contribution in [1.29, 1.82) is 0 Å². The van der Waals surface area contributed by atoms with Crippen molar-refractivity contribution in [1.82, 2.24) is 14.6 Å². The van der Waals surface area contributed by atoms with Crippen LogP contribution in [0.4, 0.5) is 5.95 Å². The van der Waals surface area contributed by atoms with Crippen molar-refractivity contribution < 1.29 is 0 Å². The predicted octanol–water partition coefficient (Wildman–Crippen LogP) is 4.97. The lowest BCUT2D eigenvalue weighted by Crippen LogP contribution is -2.08. The monoisotopic (exact) mass is 384 g/mol. The van der Waals surface area contributed by atoms with Gasteiger partial charge in [-0.1, -0.05) is 29.3 Å². The van der Waals surface area contributed by atoms with Crippen molar-refractivity contribution in [2.24, 2.45) is 0 Å². The molecule has 21 heavy (non-hydrogen) atoms. The van der Waals surface area contributed by atoms with E-state index in [9.17, 15) is 0 Å². The Hall–Kier alpha value is -1.30. The first-order valence-electron chi connectivity index (χ1n) is 6.27. The number of halogens is 3. The van der Waals surface area contributed by atoms with Crippen LogP contribution in [0, 0.1) is 0 Å². The number of nitrogens with one attached hydrogen (secondary N) is 1. The van der Waals surface area contributed by atoms with E-state index in [1.54, 1.807) is 10.6 Å². The van der Waals surface area contributed by atoms with Crippen LogP contribution < -0.4 is 5.32 Å². The van der Waals surface area contributed by atoms with Crippen molar-refractivity contribution in [2.45, 2.75) is 13.0 Å². The molecule has 7 heteroatoms. The zero-order valence-electron chi connectivity index (χ0n) is 11.0. The topological polar surface area (TPSA) is 42.2 Å². The summed E-state index contributed by atoms with van der Waals surface area (Å²) in [5.74, 6) is 0.542. The number of hydrogen-bond donors (Lipinski definition) is 1. The maximum atomic E-state index is 6.22. The van der Waals surface area contributed by atoms with E-state index in [0.29, 0.717) is 16.0 Å². The van der Waals surface area contributed by atoms with Crippen LogP contribution in [0.1, 0.15) is 18.5 Å². The van der Waals surface area contributed by atoms with Gasteiger partial charge in [-0.25, -0.2) is 4.52 Å². The molecule has 0 amide bonds. The largest absolute Gasteiger partial charge is 0.346 e. The molecule has 3 rings (SSSR count). The third-order valence-corrected chi connectivity index (χ3v) is 4.27. The standard InChI is InChI=1S/C14H11BrCl2N4/c1-8(10-5-4-9(16)7-12(10)17)18-14-19-13-11(15)3-2-6-21(13)20-14/h2-8H,1H3,(H,18,20). The maximum Gasteiger partial charge on any atom is 0.243 e. The van der Waals surface area contributed by atoms with Gasteiger partial charge in [-0.05, 0) is 52.7 Å². The summed E-state index contributed by atoms with van der Waals surface area (Å²) in [6.07, 6.45) is 1.85. The normalized spacial score (nSPS) is 12.6. The Morgan fingerprint density at radius 3 is 2.81 bits per heavy atom. The summed E-state index contributed by atoms with van der Waals surface area (Å²) in [6.45, 7) is 2.00. The van der Waals surface area contributed by atoms with Gasteiger partial charge in [0.2, 0.25) is 5.95 Å². The first-order valence-corrected chi connectivity index (χ1v) is 7.82. The van der Waals surface area contributed by atoms with E-state index in [0.717, 1.165) is 15.7 Å². The number of aromatic nitrogens is 3. The van der Waals surface area contributed by atoms with Gasteiger partial charge < -0.3 is 5.32 Å². The summed E-state index contributed by atoms with van der Waals surface area (Å²) < 4.78 is 2.60. The molecule has 3 aromatic rings. The van der Waals surface area contributed by atoms with Crippen LogP contribution in [-0.4, -0.2) is 14.6 Å². The van der Waals surface area contributed by atoms with Crippen LogP contribution in [0.5, 0.6) is 0 Å². The molecule has 0 aliphatic heterocycles. The van der Waals surface area contributed by atoms with Crippen molar-refractivity contribution in [2.75, 3.05) is 5.32 Å². The first-order chi connectivity index (χ1) is 10.0. The van der Waals surface area contributed by atoms with Crippen molar-refractivity contribution in [3.05, 3.63) is 56.6 Å². The molecule has 2 aromatic heterocycles. The number of anilines is 1. The van der Waals surface area contributed by atoms with E-state index in [1.807, 2.05) is 37.4 Å². The third kappa shape index (κ3) is 3.00. The Balaban J connectivity index is 1.89. The summed E-state index contributed by atoms with van der Waals surface area (Å²) in [7, 11) is 0. The van der Waals surface area contributed by atoms with Crippen LogP contribution >= 0.6 is 39.1 Å². The minimum atomic E-state index is -0.0362. The minimum Gasteiger partial charge on any atom is -0.346 e. The Bertz CT molecular complexity index is 803. The first kappa shape index (κ1) is 14.6. The zero-order valence-corrected chi connectivity index (χ0v) is 14.1. The second kappa shape index (κ2) is 5.83. The molecule has 0 spiro atoms. The van der Waals surface area contributed by atoms with E-state index in [1.165, 1.54) is 0 Å². The molecule has 0 saturated heterocycles. The van der Waals surface area contributed by atoms with Gasteiger partial charge in [0.15, 0.2) is 5.65 Å². The zero-order chi connectivity index (χ0) is 15.0. The molecule has 1 N–H and O–H groups in total. The van der Waals surface area contributed by atoms with E-state index >= 15 is 0 Å². The summed E-state index contributed by atoms with van der Waals surface area (Å²) in [4.78, 5) is 4.45. The van der Waals surface area contributed by atoms with Crippen LogP contribution in [0.25, 0.3) is 5.65 Å². The predicted molar refractivity (Wildman–Crippen MR) is 89.2 cm³/mol. The number of rotatable bonds is 3. The van der Waals surface area contributed by atoms with Gasteiger partial charge >= 0.3 is 0 Å². The molecular weight excluding hydrogens is 375 g/mol. The second-order valence-electron chi connectivity index (χ2n) is 4.59. The molecular formula is C14H11BrCl2N4. The molecule has 0 aliphatic rings. The fourth-order valence-corrected chi connectivity index (χ4v) is 3.05. The summed E-state index contributed by atoms with van der Waals surface area (Å²) in [5, 5.41) is 8.86. The van der Waals surface area contributed by atoms with E-state index in [4.69, 9.17) is 23.2 Å². The lowest BCUT2D eigenvalue weighted by atomic mass is 10.1. The molecule has 0 fully saturated rings. The van der Waals surface area contributed by atoms with Gasteiger partial charge in [0.1, 0.15) is 0 Å². The maximum absolute atomic E-state index is 6.22. The molecule has 2 heterocycles. The highest BCUT2D eigenvalue weighted by Crippen LogP contribution is 2.28. The molecule has 0 radical (unpaired) electrons. The Labute approximate surface area is 140 Å². The number of pyridine rings is 1. The van der Waals surface area contributed by atoms with Crippen molar-refractivity contribution >= 4 is 50.7 Å². The number of nitrogens with zero attached hydrogens (tertiary/aromatic N) is 3. The Kier molecular flexibility index (Phi) is 4.06. The summed E-state index contributed by atoms with van der Waals surface area (Å²) in [6, 6.07) is 9.22. The molecule has 0 saturated carbocycles. The lowest BCUT2D eigenvalue weighted by Gasteiger charge is -2.14. The summed E-state index contributed by atoms with van der Waals surface area (Å²) in [5.41, 5.74) is 1.70. The molecule has 4 nitrogen and oxygen atoms in total. The van der Waals surface area contributed by atoms with Gasteiger partial charge in [-0.2, -0.15) is 4.98 Å². The number of benzene rings is 1. The highest BCUT2D eigenvalue weighted by molar-refractivity contribution is 9.10. The van der Waals surface area contributed by atoms with Gasteiger partial charge in [0, 0.05) is 16.2 Å². The van der Waals surface area contributed by atoms with E-state index < -0.39 is 0 Å². The molecule has 1 unspecified atom stereocenters. The van der Waals surface area contributed by atoms with Gasteiger partial charge in [-0.3, -0.25) is 0 Å². The molecule has 1 atom stereocenters. The van der Waals surface area contributed by atoms with E-state index in [-0.39, 0.29) is 6.04 Å². The average Bonchev–Trinajstić information content (AvgIpc) is 2.82. The van der Waals surface area contributed by atoms with Crippen molar-refractivity contribution in [3.63, 3.8) is 0 Å². The second-order valence-corrected chi connectivity index (χ2v) is 6.29. The number of fused-ring (bicyclic) bond motifs is 1. The molecule has 0 aliphatic carbocycles. The summed E-state index contributed by atoms with van der Waals surface area (Å²) >= 11 is 15.6. The Morgan fingerprint density at radius 2 is 2.10 bits per heavy atom. The smallest absolute Gasteiger partial charge is 0.243 e. The molecule has 1 aromatic carbocycles. The third-order valence-electron chi connectivity index (χ3n) is 3.09. The van der Waals surface area contributed by atoms with Gasteiger partial charge in [0.25, 0.3) is 0 Å². The minimum absolute atomic E-state index is 0.0362. The Morgan fingerprint density at radius 1 is 1.29 bits per heavy atom. The van der Waals surface area contributed by atoms with Crippen LogP contribution in [-0.2, 0) is 0 Å². The average molecular weight is 386 g/mol. The van der Waals surface area contributed by atoms with E-state index in [2.05, 4.69) is 31.3 Å². The number of hydrogen-bond acceptors (Lipinski definition) is 3. The fraction of sp³-hybridized carbons (Fsp3) is 0.143. The van der Waals surface area contributed by atoms with Crippen LogP contribution in [0.3, 0.4) is 0 Å². The van der Waals surface area contributed by atoms with Crippen molar-refractivity contribution in [3.8, 4) is 0 Å². The lowest BCUT2D eigenvalue weighted by molar-refractivity contribution is 0.853.